The van der Waals surface area contributed by atoms with Gasteiger partial charge >= 0.3 is 0 Å². The quantitative estimate of drug-likeness (QED) is 0.673. The van der Waals surface area contributed by atoms with Gasteiger partial charge in [-0.3, -0.25) is 0 Å². The Labute approximate surface area is 126 Å². The molecule has 0 unspecified atom stereocenters. The first-order valence-electron chi connectivity index (χ1n) is 7.55. The molecule has 0 saturated carbocycles. The van der Waals surface area contributed by atoms with Crippen molar-refractivity contribution in [3.05, 3.63) is 23.3 Å². The van der Waals surface area contributed by atoms with Gasteiger partial charge in [0.2, 0.25) is 0 Å². The van der Waals surface area contributed by atoms with Crippen molar-refractivity contribution in [1.29, 1.82) is 0 Å². The molecule has 0 amide bonds. The maximum absolute atomic E-state index is 9.30. The predicted molar refractivity (Wildman–Crippen MR) is 89.9 cm³/mol. The van der Waals surface area contributed by atoms with Crippen molar-refractivity contribution in [3.8, 4) is 0 Å². The average Bonchev–Trinajstić information content (AvgIpc) is 2.12. The lowest BCUT2D eigenvalue weighted by atomic mass is 10.0. The van der Waals surface area contributed by atoms with Crippen LogP contribution in [-0.4, -0.2) is 21.4 Å². The molecule has 0 bridgehead atoms. The number of rotatable bonds is 6. The molecule has 0 aromatic carbocycles. The minimum atomic E-state index is -0.508. The Balaban J connectivity index is 0. The Morgan fingerprint density at radius 3 is 1.10 bits per heavy atom. The van der Waals surface area contributed by atoms with Crippen molar-refractivity contribution in [2.75, 3.05) is 0 Å². The lowest BCUT2D eigenvalue weighted by Crippen LogP contribution is -2.17. The summed E-state index contributed by atoms with van der Waals surface area (Å²) >= 11 is 0. The van der Waals surface area contributed by atoms with Crippen molar-refractivity contribution in [2.24, 2.45) is 0 Å². The van der Waals surface area contributed by atoms with Crippen molar-refractivity contribution in [1.82, 2.24) is 0 Å². The molecular weight excluding hydrogens is 248 g/mol. The molecule has 120 valence electrons. The molecule has 0 spiro atoms. The zero-order valence-corrected chi connectivity index (χ0v) is 14.9. The Morgan fingerprint density at radius 1 is 0.700 bits per heavy atom. The highest BCUT2D eigenvalue weighted by Crippen LogP contribution is 2.11. The molecule has 20 heavy (non-hydrogen) atoms. The molecule has 2 nitrogen and oxygen atoms in total. The van der Waals surface area contributed by atoms with Gasteiger partial charge in [0, 0.05) is 0 Å². The molecule has 2 heteroatoms. The topological polar surface area (TPSA) is 40.5 Å². The van der Waals surface area contributed by atoms with Gasteiger partial charge in [-0.2, -0.15) is 0 Å². The maximum Gasteiger partial charge on any atom is 0.0594 e. The van der Waals surface area contributed by atoms with Crippen LogP contribution in [0.1, 0.15) is 81.1 Å². The maximum atomic E-state index is 9.30. The van der Waals surface area contributed by atoms with Crippen molar-refractivity contribution < 1.29 is 10.2 Å². The SMILES string of the molecule is CC(C)=CCCC(C)(C)O.CC(C)=CCCC(C)(C)O. The van der Waals surface area contributed by atoms with E-state index >= 15 is 0 Å². The molecule has 0 saturated heterocycles. The van der Waals surface area contributed by atoms with Crippen LogP contribution in [0.4, 0.5) is 0 Å². The van der Waals surface area contributed by atoms with Crippen molar-refractivity contribution >= 4 is 0 Å². The first-order chi connectivity index (χ1) is 8.83. The van der Waals surface area contributed by atoms with E-state index in [1.54, 1.807) is 0 Å². The Bertz CT molecular complexity index is 258. The molecule has 0 rings (SSSR count). The molecule has 2 N–H and O–H groups in total. The highest BCUT2D eigenvalue weighted by molar-refractivity contribution is 4.94. The second-order valence-corrected chi connectivity index (χ2v) is 7.27. The van der Waals surface area contributed by atoms with Crippen LogP contribution in [0, 0.1) is 0 Å². The fraction of sp³-hybridized carbons (Fsp3) is 0.778. The van der Waals surface area contributed by atoms with Gasteiger partial charge in [0.05, 0.1) is 11.2 Å². The van der Waals surface area contributed by atoms with E-state index in [1.165, 1.54) is 11.1 Å². The first-order valence-corrected chi connectivity index (χ1v) is 7.55. The smallest absolute Gasteiger partial charge is 0.0594 e. The third kappa shape index (κ3) is 26.1. The molecule has 0 aromatic heterocycles. The molecule has 0 aliphatic rings. The molecule has 0 aromatic rings. The first kappa shape index (κ1) is 21.7. The highest BCUT2D eigenvalue weighted by atomic mass is 16.3. The Hall–Kier alpha value is -0.600. The van der Waals surface area contributed by atoms with Gasteiger partial charge in [-0.05, 0) is 81.1 Å². The molecule has 0 fully saturated rings. The van der Waals surface area contributed by atoms with Gasteiger partial charge in [0.25, 0.3) is 0 Å². The van der Waals surface area contributed by atoms with Crippen LogP contribution in [0.25, 0.3) is 0 Å². The van der Waals surface area contributed by atoms with Gasteiger partial charge in [-0.1, -0.05) is 23.3 Å². The fourth-order valence-electron chi connectivity index (χ4n) is 1.43. The van der Waals surface area contributed by atoms with E-state index in [0.29, 0.717) is 0 Å². The van der Waals surface area contributed by atoms with Crippen LogP contribution >= 0.6 is 0 Å². The molecule has 0 heterocycles. The summed E-state index contributed by atoms with van der Waals surface area (Å²) in [6.45, 7) is 15.7. The molecule has 0 aliphatic carbocycles. The van der Waals surface area contributed by atoms with Crippen molar-refractivity contribution in [3.63, 3.8) is 0 Å². The summed E-state index contributed by atoms with van der Waals surface area (Å²) in [7, 11) is 0. The predicted octanol–water partition coefficient (Wildman–Crippen LogP) is 5.01. The molecule has 0 aliphatic heterocycles. The number of aliphatic hydroxyl groups is 2. The van der Waals surface area contributed by atoms with Gasteiger partial charge in [0.15, 0.2) is 0 Å². The largest absolute Gasteiger partial charge is 0.390 e. The normalized spacial score (nSPS) is 11.3. The minimum absolute atomic E-state index is 0.508. The van der Waals surface area contributed by atoms with Gasteiger partial charge in [-0.15, -0.1) is 0 Å². The van der Waals surface area contributed by atoms with E-state index < -0.39 is 11.2 Å². The summed E-state index contributed by atoms with van der Waals surface area (Å²) in [5.74, 6) is 0. The Morgan fingerprint density at radius 2 is 0.950 bits per heavy atom. The van der Waals surface area contributed by atoms with E-state index in [-0.39, 0.29) is 0 Å². The second-order valence-electron chi connectivity index (χ2n) is 7.27. The standard InChI is InChI=1S/2C9H18O/c2*1-8(2)6-5-7-9(3,4)10/h2*6,10H,5,7H2,1-4H3. The number of allylic oxidation sites excluding steroid dienone is 4. The van der Waals surface area contributed by atoms with Gasteiger partial charge in [0.1, 0.15) is 0 Å². The van der Waals surface area contributed by atoms with Crippen LogP contribution in [0.2, 0.25) is 0 Å². The minimum Gasteiger partial charge on any atom is -0.390 e. The summed E-state index contributed by atoms with van der Waals surface area (Å²) in [6, 6.07) is 0. The zero-order valence-electron chi connectivity index (χ0n) is 14.9. The van der Waals surface area contributed by atoms with Crippen molar-refractivity contribution in [2.45, 2.75) is 92.3 Å². The lowest BCUT2D eigenvalue weighted by Gasteiger charge is -2.14. The van der Waals surface area contributed by atoms with Crippen LogP contribution in [0.5, 0.6) is 0 Å². The van der Waals surface area contributed by atoms with E-state index in [9.17, 15) is 10.2 Å². The zero-order chi connectivity index (χ0) is 16.4. The summed E-state index contributed by atoms with van der Waals surface area (Å²) in [4.78, 5) is 0. The summed E-state index contributed by atoms with van der Waals surface area (Å²) in [5.41, 5.74) is 1.63. The van der Waals surface area contributed by atoms with Gasteiger partial charge < -0.3 is 10.2 Å². The molecular formula is C18H36O2. The number of hydrogen-bond donors (Lipinski definition) is 2. The summed E-state index contributed by atoms with van der Waals surface area (Å²) < 4.78 is 0. The monoisotopic (exact) mass is 284 g/mol. The fourth-order valence-corrected chi connectivity index (χ4v) is 1.43. The van der Waals surface area contributed by atoms with E-state index in [0.717, 1.165) is 25.7 Å². The summed E-state index contributed by atoms with van der Waals surface area (Å²) in [5, 5.41) is 18.6. The van der Waals surface area contributed by atoms with E-state index in [4.69, 9.17) is 0 Å². The highest BCUT2D eigenvalue weighted by Gasteiger charge is 2.10. The van der Waals surface area contributed by atoms with Crippen LogP contribution in [0.3, 0.4) is 0 Å². The van der Waals surface area contributed by atoms with E-state index in [1.807, 2.05) is 27.7 Å². The van der Waals surface area contributed by atoms with Crippen LogP contribution in [-0.2, 0) is 0 Å². The third-order valence-electron chi connectivity index (χ3n) is 2.62. The Kier molecular flexibility index (Phi) is 11.0. The van der Waals surface area contributed by atoms with E-state index in [2.05, 4.69) is 39.8 Å². The molecule has 0 radical (unpaired) electrons. The van der Waals surface area contributed by atoms with Crippen LogP contribution in [0.15, 0.2) is 23.3 Å². The van der Waals surface area contributed by atoms with Crippen LogP contribution < -0.4 is 0 Å². The second kappa shape index (κ2) is 10.2. The number of hydrogen-bond acceptors (Lipinski definition) is 2. The average molecular weight is 284 g/mol. The summed E-state index contributed by atoms with van der Waals surface area (Å²) in [6.07, 6.45) is 7.95. The third-order valence-corrected chi connectivity index (χ3v) is 2.62. The van der Waals surface area contributed by atoms with Gasteiger partial charge in [-0.25, -0.2) is 0 Å². The lowest BCUT2D eigenvalue weighted by molar-refractivity contribution is 0.0715. The molecule has 0 atom stereocenters.